The molecule has 1 aliphatic rings. The number of likely N-dealkylation sites (N-methyl/N-ethyl adjacent to an activating group) is 1. The van der Waals surface area contributed by atoms with Crippen LogP contribution in [0.25, 0.3) is 0 Å². The SMILES string of the molecule is CCN1CCn2c1cccc2=O. The maximum atomic E-state index is 11.3. The lowest BCUT2D eigenvalue weighted by atomic mass is 10.4. The normalized spacial score (nSPS) is 14.9. The smallest absolute Gasteiger partial charge is 0.252 e. The van der Waals surface area contributed by atoms with Crippen molar-refractivity contribution in [2.24, 2.45) is 0 Å². The van der Waals surface area contributed by atoms with Crippen LogP contribution in [0.15, 0.2) is 23.0 Å². The first-order chi connectivity index (χ1) is 5.83. The molecular formula is C9H12N2O. The highest BCUT2D eigenvalue weighted by Gasteiger charge is 2.16. The van der Waals surface area contributed by atoms with Crippen molar-refractivity contribution in [3.8, 4) is 0 Å². The standard InChI is InChI=1S/C9H12N2O/c1-2-10-6-7-11-8(10)4-3-5-9(11)12/h3-5H,2,6-7H2,1H3. The Morgan fingerprint density at radius 2 is 2.25 bits per heavy atom. The maximum Gasteiger partial charge on any atom is 0.252 e. The van der Waals surface area contributed by atoms with E-state index in [0.717, 1.165) is 25.5 Å². The second kappa shape index (κ2) is 2.66. The molecule has 1 aromatic rings. The third kappa shape index (κ3) is 0.932. The van der Waals surface area contributed by atoms with E-state index in [0.29, 0.717) is 0 Å². The fourth-order valence-corrected chi connectivity index (χ4v) is 1.67. The fourth-order valence-electron chi connectivity index (χ4n) is 1.67. The summed E-state index contributed by atoms with van der Waals surface area (Å²) in [5, 5.41) is 0. The molecule has 2 rings (SSSR count). The van der Waals surface area contributed by atoms with Crippen molar-refractivity contribution < 1.29 is 0 Å². The van der Waals surface area contributed by atoms with Gasteiger partial charge in [-0.25, -0.2) is 0 Å². The second-order valence-electron chi connectivity index (χ2n) is 2.95. The molecule has 0 unspecified atom stereocenters. The molecular weight excluding hydrogens is 152 g/mol. The van der Waals surface area contributed by atoms with Crippen LogP contribution in [0, 0.1) is 0 Å². The summed E-state index contributed by atoms with van der Waals surface area (Å²) in [6.45, 7) is 4.88. The van der Waals surface area contributed by atoms with Gasteiger partial charge in [-0.1, -0.05) is 6.07 Å². The second-order valence-corrected chi connectivity index (χ2v) is 2.95. The van der Waals surface area contributed by atoms with E-state index in [1.807, 2.05) is 16.7 Å². The summed E-state index contributed by atoms with van der Waals surface area (Å²) >= 11 is 0. The molecule has 3 heteroatoms. The molecule has 0 fully saturated rings. The van der Waals surface area contributed by atoms with Gasteiger partial charge in [0.05, 0.1) is 0 Å². The highest BCUT2D eigenvalue weighted by molar-refractivity contribution is 5.42. The minimum atomic E-state index is 0.114. The minimum absolute atomic E-state index is 0.114. The zero-order valence-corrected chi connectivity index (χ0v) is 7.16. The molecule has 1 aliphatic heterocycles. The van der Waals surface area contributed by atoms with Crippen LogP contribution in [0.2, 0.25) is 0 Å². The Hall–Kier alpha value is -1.25. The van der Waals surface area contributed by atoms with Crippen molar-refractivity contribution in [2.45, 2.75) is 13.5 Å². The van der Waals surface area contributed by atoms with E-state index in [-0.39, 0.29) is 5.56 Å². The molecule has 2 heterocycles. The predicted octanol–water partition coefficient (Wildman–Crippen LogP) is 0.688. The highest BCUT2D eigenvalue weighted by atomic mass is 16.1. The van der Waals surface area contributed by atoms with Crippen molar-refractivity contribution in [1.29, 1.82) is 0 Å². The molecule has 12 heavy (non-hydrogen) atoms. The van der Waals surface area contributed by atoms with E-state index in [2.05, 4.69) is 11.8 Å². The van der Waals surface area contributed by atoms with E-state index < -0.39 is 0 Å². The Morgan fingerprint density at radius 3 is 3.00 bits per heavy atom. The van der Waals surface area contributed by atoms with Gasteiger partial charge in [-0.05, 0) is 13.0 Å². The van der Waals surface area contributed by atoms with Gasteiger partial charge < -0.3 is 4.90 Å². The molecule has 0 radical (unpaired) electrons. The zero-order valence-electron chi connectivity index (χ0n) is 7.16. The summed E-state index contributed by atoms with van der Waals surface area (Å²) in [6, 6.07) is 5.43. The number of nitrogens with zero attached hydrogens (tertiary/aromatic N) is 2. The molecule has 0 aliphatic carbocycles. The number of hydrogen-bond donors (Lipinski definition) is 0. The van der Waals surface area contributed by atoms with Gasteiger partial charge in [-0.15, -0.1) is 0 Å². The summed E-state index contributed by atoms with van der Waals surface area (Å²) in [4.78, 5) is 13.5. The molecule has 0 bridgehead atoms. The van der Waals surface area contributed by atoms with Crippen molar-refractivity contribution >= 4 is 5.82 Å². The van der Waals surface area contributed by atoms with E-state index in [4.69, 9.17) is 0 Å². The maximum absolute atomic E-state index is 11.3. The van der Waals surface area contributed by atoms with Crippen LogP contribution in [-0.2, 0) is 6.54 Å². The summed E-state index contributed by atoms with van der Waals surface area (Å²) in [5.74, 6) is 1.06. The summed E-state index contributed by atoms with van der Waals surface area (Å²) in [5.41, 5.74) is 0.114. The predicted molar refractivity (Wildman–Crippen MR) is 48.6 cm³/mol. The molecule has 3 nitrogen and oxygen atoms in total. The lowest BCUT2D eigenvalue weighted by Gasteiger charge is -2.14. The Balaban J connectivity index is 2.53. The van der Waals surface area contributed by atoms with Crippen molar-refractivity contribution in [1.82, 2.24) is 4.57 Å². The molecule has 0 aromatic carbocycles. The molecule has 0 spiro atoms. The number of fused-ring (bicyclic) bond motifs is 1. The van der Waals surface area contributed by atoms with Crippen LogP contribution in [-0.4, -0.2) is 17.7 Å². The van der Waals surface area contributed by atoms with Gasteiger partial charge >= 0.3 is 0 Å². The van der Waals surface area contributed by atoms with Gasteiger partial charge in [0, 0.05) is 25.7 Å². The third-order valence-corrected chi connectivity index (χ3v) is 2.33. The average molecular weight is 164 g/mol. The van der Waals surface area contributed by atoms with Crippen LogP contribution < -0.4 is 10.5 Å². The molecule has 0 amide bonds. The fraction of sp³-hybridized carbons (Fsp3) is 0.444. The Morgan fingerprint density at radius 1 is 1.42 bits per heavy atom. The van der Waals surface area contributed by atoms with Gasteiger partial charge in [0.25, 0.3) is 5.56 Å². The Bertz CT molecular complexity index is 343. The Labute approximate surface area is 71.2 Å². The van der Waals surface area contributed by atoms with Gasteiger partial charge in [-0.2, -0.15) is 0 Å². The van der Waals surface area contributed by atoms with E-state index >= 15 is 0 Å². The molecule has 0 N–H and O–H groups in total. The monoisotopic (exact) mass is 164 g/mol. The largest absolute Gasteiger partial charge is 0.356 e. The topological polar surface area (TPSA) is 25.2 Å². The zero-order chi connectivity index (χ0) is 8.55. The van der Waals surface area contributed by atoms with Crippen LogP contribution >= 0.6 is 0 Å². The molecule has 0 atom stereocenters. The van der Waals surface area contributed by atoms with Crippen LogP contribution in [0.1, 0.15) is 6.92 Å². The molecule has 0 saturated carbocycles. The number of hydrogen-bond acceptors (Lipinski definition) is 2. The quantitative estimate of drug-likeness (QED) is 0.610. The number of pyridine rings is 1. The summed E-state index contributed by atoms with van der Waals surface area (Å²) < 4.78 is 1.82. The van der Waals surface area contributed by atoms with E-state index in [1.54, 1.807) is 6.07 Å². The number of aromatic nitrogens is 1. The number of anilines is 1. The first-order valence-electron chi connectivity index (χ1n) is 4.27. The van der Waals surface area contributed by atoms with Crippen LogP contribution in [0.5, 0.6) is 0 Å². The van der Waals surface area contributed by atoms with Gasteiger partial charge in [0.2, 0.25) is 0 Å². The van der Waals surface area contributed by atoms with Crippen LogP contribution in [0.4, 0.5) is 5.82 Å². The van der Waals surface area contributed by atoms with Gasteiger partial charge in [-0.3, -0.25) is 9.36 Å². The summed E-state index contributed by atoms with van der Waals surface area (Å²) in [7, 11) is 0. The lowest BCUT2D eigenvalue weighted by molar-refractivity contribution is 0.756. The van der Waals surface area contributed by atoms with E-state index in [1.165, 1.54) is 0 Å². The summed E-state index contributed by atoms with van der Waals surface area (Å²) in [6.07, 6.45) is 0. The number of rotatable bonds is 1. The van der Waals surface area contributed by atoms with Crippen molar-refractivity contribution in [3.05, 3.63) is 28.6 Å². The first kappa shape index (κ1) is 7.40. The van der Waals surface area contributed by atoms with Gasteiger partial charge in [0.15, 0.2) is 0 Å². The highest BCUT2D eigenvalue weighted by Crippen LogP contribution is 2.16. The molecule has 1 aromatic heterocycles. The Kier molecular flexibility index (Phi) is 1.64. The van der Waals surface area contributed by atoms with Crippen LogP contribution in [0.3, 0.4) is 0 Å². The molecule has 0 saturated heterocycles. The lowest BCUT2D eigenvalue weighted by Crippen LogP contribution is -2.20. The average Bonchev–Trinajstić information content (AvgIpc) is 2.49. The van der Waals surface area contributed by atoms with E-state index in [9.17, 15) is 4.79 Å². The molecule has 64 valence electrons. The third-order valence-electron chi connectivity index (χ3n) is 2.33. The van der Waals surface area contributed by atoms with Crippen molar-refractivity contribution in [3.63, 3.8) is 0 Å². The minimum Gasteiger partial charge on any atom is -0.356 e. The first-order valence-corrected chi connectivity index (χ1v) is 4.27. The van der Waals surface area contributed by atoms with Gasteiger partial charge in [0.1, 0.15) is 5.82 Å². The van der Waals surface area contributed by atoms with Crippen molar-refractivity contribution in [2.75, 3.05) is 18.0 Å².